The molecule has 0 unspecified atom stereocenters. The Bertz CT molecular complexity index is 8250. The molecule has 8 nitrogen and oxygen atoms in total. The van der Waals surface area contributed by atoms with Crippen LogP contribution in [-0.2, 0) is 0 Å². The predicted molar refractivity (Wildman–Crippen MR) is 519 cm³/mol. The largest absolute Gasteiger partial charge is 0.454 e. The lowest BCUT2D eigenvalue weighted by atomic mass is 9.91. The van der Waals surface area contributed by atoms with E-state index in [1.807, 2.05) is 97.1 Å². The van der Waals surface area contributed by atoms with Crippen LogP contribution in [-0.4, -0.2) is 0 Å². The molecule has 0 aliphatic heterocycles. The summed E-state index contributed by atoms with van der Waals surface area (Å²) in [5.41, 5.74) is 23.3. The molecule has 0 saturated carbocycles. The van der Waals surface area contributed by atoms with E-state index in [4.69, 9.17) is 20.4 Å². The van der Waals surface area contributed by atoms with Crippen LogP contribution >= 0.6 is 0 Å². The van der Waals surface area contributed by atoms with E-state index in [0.717, 1.165) is 210 Å². The Morgan fingerprint density at radius 2 is 0.379 bits per heavy atom. The normalized spacial score (nSPS) is 12.1. The molecule has 0 aliphatic rings. The summed E-state index contributed by atoms with van der Waals surface area (Å²) in [4.78, 5) is 9.31. The lowest BCUT2D eigenvalue weighted by Gasteiger charge is -2.29. The first-order valence-electron chi connectivity index (χ1n) is 43.0. The lowest BCUT2D eigenvalue weighted by molar-refractivity contribution is 0.669. The van der Waals surface area contributed by atoms with E-state index in [1.54, 1.807) is 0 Å². The number of rotatable bonds is 14. The minimum atomic E-state index is 0.453. The summed E-state index contributed by atoms with van der Waals surface area (Å²) in [7, 11) is 0. The zero-order valence-electron chi connectivity index (χ0n) is 68.8. The third kappa shape index (κ3) is 11.2. The van der Waals surface area contributed by atoms with Crippen LogP contribution in [0.1, 0.15) is 2.74 Å². The molecule has 580 valence electrons. The van der Waals surface area contributed by atoms with Gasteiger partial charge >= 0.3 is 0 Å². The first-order valence-corrected chi connectivity index (χ1v) is 42.0. The molecule has 0 saturated heterocycles. The maximum absolute atomic E-state index is 8.33. The Balaban J connectivity index is 0.000000139. The molecule has 22 aromatic carbocycles. The van der Waals surface area contributed by atoms with Crippen molar-refractivity contribution in [3.63, 3.8) is 0 Å². The summed E-state index contributed by atoms with van der Waals surface area (Å²) in [5.74, 6) is 0. The van der Waals surface area contributed by atoms with E-state index in [9.17, 15) is 0 Å². The Labute approximate surface area is 715 Å². The molecule has 0 fully saturated rings. The molecule has 0 atom stereocenters. The molecule has 8 heteroatoms. The van der Waals surface area contributed by atoms with Crippen molar-refractivity contribution < 1.29 is 20.4 Å². The van der Waals surface area contributed by atoms with E-state index >= 15 is 0 Å². The van der Waals surface area contributed by atoms with Crippen LogP contribution in [0.15, 0.2) is 454 Å². The topological polar surface area (TPSA) is 65.5 Å². The second kappa shape index (κ2) is 28.5. The number of hydrogen-bond acceptors (Lipinski definition) is 8. The van der Waals surface area contributed by atoms with E-state index in [2.05, 4.69) is 347 Å². The highest BCUT2D eigenvalue weighted by Crippen LogP contribution is 2.55. The maximum atomic E-state index is 8.33. The number of para-hydroxylation sites is 10. The lowest BCUT2D eigenvalue weighted by Crippen LogP contribution is -2.12. The van der Waals surface area contributed by atoms with Crippen molar-refractivity contribution in [3.8, 4) is 22.3 Å². The van der Waals surface area contributed by atoms with Crippen LogP contribution in [0, 0.1) is 0 Å². The number of furan rings is 4. The van der Waals surface area contributed by atoms with Gasteiger partial charge in [-0.3, -0.25) is 0 Å². The number of nitrogens with zero attached hydrogens (tertiary/aromatic N) is 4. The molecule has 0 bridgehead atoms. The molecule has 0 amide bonds. The van der Waals surface area contributed by atoms with E-state index in [-0.39, 0.29) is 0 Å². The zero-order chi connectivity index (χ0) is 83.2. The smallest absolute Gasteiger partial charge is 0.159 e. The van der Waals surface area contributed by atoms with Crippen LogP contribution < -0.4 is 19.6 Å². The zero-order valence-corrected chi connectivity index (χ0v) is 66.8. The molecule has 0 spiro atoms. The SMILES string of the molecule is [2H]c1ccc(N(c2ccc3ccc4c(N(c5ccc([2H])cc5)c5cccc6c5oc5ccccc56)ccc5ccc2c3c54)c2cccc3c2oc2ccccc23)cc1.c1ccc(-c2ccc(N(c3ccc4ccc5c(N(c6ccc(-c7ccccc7)cc6)c6cccc7c6oc6ccccc67)ccc6ccc3c4c65)c3cccc4c3oc3ccccc34)cc2)cc1. The van der Waals surface area contributed by atoms with Gasteiger partial charge in [0.25, 0.3) is 0 Å². The summed E-state index contributed by atoms with van der Waals surface area (Å²) in [6.07, 6.45) is 0. The van der Waals surface area contributed by atoms with Crippen molar-refractivity contribution in [3.05, 3.63) is 437 Å². The third-order valence-electron chi connectivity index (χ3n) is 25.1. The van der Waals surface area contributed by atoms with Crippen LogP contribution in [0.4, 0.5) is 68.2 Å². The molecule has 4 heterocycles. The summed E-state index contributed by atoms with van der Waals surface area (Å²) in [6.45, 7) is 0. The van der Waals surface area contributed by atoms with Crippen molar-refractivity contribution >= 4 is 221 Å². The van der Waals surface area contributed by atoms with Gasteiger partial charge in [-0.25, -0.2) is 0 Å². The van der Waals surface area contributed by atoms with Crippen LogP contribution in [0.2, 0.25) is 0 Å². The second-order valence-electron chi connectivity index (χ2n) is 31.9. The highest BCUT2D eigenvalue weighted by Gasteiger charge is 2.30. The van der Waals surface area contributed by atoms with E-state index < -0.39 is 0 Å². The molecular formula is C116H72N4O4. The van der Waals surface area contributed by atoms with Gasteiger partial charge in [-0.05, 0) is 187 Å². The Morgan fingerprint density at radius 3 is 0.653 bits per heavy atom. The summed E-state index contributed by atoms with van der Waals surface area (Å²) in [6, 6.07) is 150. The fourth-order valence-electron chi connectivity index (χ4n) is 19.5. The Kier molecular flexibility index (Phi) is 15.7. The molecule has 0 radical (unpaired) electrons. The van der Waals surface area contributed by atoms with Crippen molar-refractivity contribution in [2.24, 2.45) is 0 Å². The van der Waals surface area contributed by atoms with Crippen LogP contribution in [0.5, 0.6) is 0 Å². The molecule has 0 N–H and O–H groups in total. The first-order chi connectivity index (χ1) is 62.3. The molecule has 26 rings (SSSR count). The fraction of sp³-hybridized carbons (Fsp3) is 0. The van der Waals surface area contributed by atoms with Gasteiger partial charge in [0.1, 0.15) is 22.3 Å². The molecule has 26 aromatic rings. The fourth-order valence-corrected chi connectivity index (χ4v) is 19.5. The molecular weight excluding hydrogens is 1510 g/mol. The van der Waals surface area contributed by atoms with Gasteiger partial charge in [-0.15, -0.1) is 0 Å². The van der Waals surface area contributed by atoms with Crippen molar-refractivity contribution in [1.29, 1.82) is 0 Å². The number of benzene rings is 22. The summed E-state index contributed by atoms with van der Waals surface area (Å²) in [5, 5.41) is 22.5. The van der Waals surface area contributed by atoms with Gasteiger partial charge in [-0.2, -0.15) is 0 Å². The van der Waals surface area contributed by atoms with Gasteiger partial charge in [0.15, 0.2) is 22.3 Å². The van der Waals surface area contributed by atoms with Crippen molar-refractivity contribution in [2.45, 2.75) is 0 Å². The van der Waals surface area contributed by atoms with Crippen molar-refractivity contribution in [1.82, 2.24) is 0 Å². The second-order valence-corrected chi connectivity index (χ2v) is 31.9. The average Bonchev–Trinajstić information content (AvgIpc) is 0.764. The van der Waals surface area contributed by atoms with Gasteiger partial charge in [0.05, 0.1) is 48.2 Å². The third-order valence-corrected chi connectivity index (χ3v) is 25.1. The van der Waals surface area contributed by atoms with Crippen LogP contribution in [0.25, 0.3) is 175 Å². The van der Waals surface area contributed by atoms with Crippen molar-refractivity contribution in [2.75, 3.05) is 19.6 Å². The first kappa shape index (κ1) is 68.3. The Hall–Kier alpha value is -16.7. The minimum absolute atomic E-state index is 0.453. The molecule has 124 heavy (non-hydrogen) atoms. The standard InChI is InChI=1S/C64H40N2O2.C52H32N2O2/c1-3-13-41(14-4-1)43-25-33-47(34-26-43)65(57-21-11-19-51-49-17-7-9-23-59(49)67-63(51)57)55-39-31-45-30-38-54-56(40-32-46-29-37-53(55)61(45)62(46)54)66(48-35-27-44(28-36-48)42-15-5-2-6-16-42)58-22-12-20-52-50-18-8-10-24-60(50)68-64(52)58;1-3-13-35(14-4-1)53(45-21-11-19-39-37-17-7-9-23-47(37)55-51(39)45)43-31-27-33-26-30-42-44(32-28-34-25-29-41(43)49(33)50(34)42)54(36-15-5-2-6-16-36)46-22-12-20-40-38-18-8-10-24-48(38)56-52(40)46/h1-40H;1-32H/i;1D,2D. The minimum Gasteiger partial charge on any atom is -0.454 e. The average molecular weight is 1590 g/mol. The van der Waals surface area contributed by atoms with Gasteiger partial charge in [0, 0.05) is 87.4 Å². The predicted octanol–water partition coefficient (Wildman–Crippen LogP) is 34.0. The monoisotopic (exact) mass is 1590 g/mol. The summed E-state index contributed by atoms with van der Waals surface area (Å²) < 4.78 is 43.5. The summed E-state index contributed by atoms with van der Waals surface area (Å²) >= 11 is 0. The Morgan fingerprint density at radius 1 is 0.153 bits per heavy atom. The van der Waals surface area contributed by atoms with Gasteiger partial charge < -0.3 is 37.3 Å². The van der Waals surface area contributed by atoms with Gasteiger partial charge in [-0.1, -0.05) is 315 Å². The van der Waals surface area contributed by atoms with E-state index in [1.165, 1.54) is 32.7 Å². The quantitative estimate of drug-likeness (QED) is 0.0998. The number of fused-ring (bicyclic) bond motifs is 12. The van der Waals surface area contributed by atoms with Crippen LogP contribution in [0.3, 0.4) is 0 Å². The number of anilines is 12. The number of hydrogen-bond donors (Lipinski definition) is 0. The molecule has 0 aliphatic carbocycles. The maximum Gasteiger partial charge on any atom is 0.159 e. The van der Waals surface area contributed by atoms with E-state index in [0.29, 0.717) is 12.1 Å². The highest BCUT2D eigenvalue weighted by atomic mass is 16.3. The van der Waals surface area contributed by atoms with Gasteiger partial charge in [0.2, 0.25) is 0 Å². The highest BCUT2D eigenvalue weighted by molar-refractivity contribution is 6.31. The molecule has 4 aromatic heterocycles.